The van der Waals surface area contributed by atoms with E-state index >= 15 is 0 Å². The summed E-state index contributed by atoms with van der Waals surface area (Å²) in [6.07, 6.45) is 1.91. The lowest BCUT2D eigenvalue weighted by Crippen LogP contribution is -2.29. The molecule has 0 fully saturated rings. The maximum absolute atomic E-state index is 11.7. The van der Waals surface area contributed by atoms with Crippen molar-refractivity contribution in [1.29, 1.82) is 0 Å². The number of carbonyl (C=O) groups is 2. The highest BCUT2D eigenvalue weighted by Gasteiger charge is 2.25. The minimum Gasteiger partial charge on any atom is -0.462 e. The minimum absolute atomic E-state index is 0.0534. The van der Waals surface area contributed by atoms with E-state index in [2.05, 4.69) is 4.52 Å². The summed E-state index contributed by atoms with van der Waals surface area (Å²) in [5.41, 5.74) is 5.17. The van der Waals surface area contributed by atoms with Crippen LogP contribution in [-0.4, -0.2) is 49.3 Å². The van der Waals surface area contributed by atoms with E-state index in [9.17, 15) is 19.0 Å². The molecule has 0 aromatic rings. The molecule has 10 heteroatoms. The zero-order chi connectivity index (χ0) is 18.4. The van der Waals surface area contributed by atoms with Crippen LogP contribution in [0.15, 0.2) is 0 Å². The monoisotopic (exact) mass is 369 g/mol. The molecule has 0 bridgehead atoms. The van der Waals surface area contributed by atoms with Gasteiger partial charge in [-0.15, -0.1) is 0 Å². The predicted molar refractivity (Wildman–Crippen MR) is 86.1 cm³/mol. The van der Waals surface area contributed by atoms with Gasteiger partial charge >= 0.3 is 19.8 Å². The van der Waals surface area contributed by atoms with E-state index in [0.717, 1.165) is 12.8 Å². The molecule has 3 N–H and O–H groups in total. The van der Waals surface area contributed by atoms with Crippen LogP contribution in [0.3, 0.4) is 0 Å². The van der Waals surface area contributed by atoms with E-state index in [4.69, 9.17) is 19.7 Å². The van der Waals surface area contributed by atoms with E-state index in [1.54, 1.807) is 6.92 Å². The van der Waals surface area contributed by atoms with Crippen molar-refractivity contribution in [2.45, 2.75) is 52.1 Å². The smallest absolute Gasteiger partial charge is 0.462 e. The molecular weight excluding hydrogens is 341 g/mol. The Morgan fingerprint density at radius 3 is 2.42 bits per heavy atom. The number of esters is 2. The largest absolute Gasteiger partial charge is 0.472 e. The molecule has 0 saturated heterocycles. The third-order valence-corrected chi connectivity index (χ3v) is 3.78. The van der Waals surface area contributed by atoms with Crippen LogP contribution in [0.2, 0.25) is 0 Å². The lowest BCUT2D eigenvalue weighted by molar-refractivity contribution is -0.161. The fraction of sp³-hybridized carbons (Fsp3) is 0.857. The fourth-order valence-corrected chi connectivity index (χ4v) is 2.32. The summed E-state index contributed by atoms with van der Waals surface area (Å²) >= 11 is 0. The molecule has 2 unspecified atom stereocenters. The van der Waals surface area contributed by atoms with Crippen molar-refractivity contribution >= 4 is 19.8 Å². The van der Waals surface area contributed by atoms with Gasteiger partial charge in [0.05, 0.1) is 13.2 Å². The van der Waals surface area contributed by atoms with Crippen LogP contribution in [0.4, 0.5) is 0 Å². The molecule has 0 aromatic carbocycles. The Balaban J connectivity index is 4.48. The highest BCUT2D eigenvalue weighted by molar-refractivity contribution is 7.47. The Morgan fingerprint density at radius 2 is 1.83 bits per heavy atom. The van der Waals surface area contributed by atoms with Crippen LogP contribution in [0.5, 0.6) is 0 Å². The van der Waals surface area contributed by atoms with Crippen molar-refractivity contribution in [2.75, 3.05) is 26.4 Å². The topological polar surface area (TPSA) is 134 Å². The average Bonchev–Trinajstić information content (AvgIpc) is 2.55. The van der Waals surface area contributed by atoms with E-state index in [1.165, 1.54) is 0 Å². The van der Waals surface area contributed by atoms with Gasteiger partial charge in [-0.1, -0.05) is 26.7 Å². The Hall–Kier alpha value is -0.990. The number of hydrogen-bond donors (Lipinski definition) is 2. The van der Waals surface area contributed by atoms with E-state index in [1.807, 2.05) is 6.92 Å². The standard InChI is InChI=1S/C14H28NO8P/c1-3-5-6-7-14(17)23-12(10-20-13(16)4-2)11-22-24(18,19)21-9-8-15/h12H,3-11,15H2,1-2H3,(H,18,19). The molecule has 0 saturated carbocycles. The summed E-state index contributed by atoms with van der Waals surface area (Å²) in [5.74, 6) is -0.964. The van der Waals surface area contributed by atoms with Crippen molar-refractivity contribution in [3.8, 4) is 0 Å². The predicted octanol–water partition coefficient (Wildman–Crippen LogP) is 1.52. The number of carbonyl (C=O) groups excluding carboxylic acids is 2. The molecule has 24 heavy (non-hydrogen) atoms. The summed E-state index contributed by atoms with van der Waals surface area (Å²) in [4.78, 5) is 32.4. The molecule has 2 atom stereocenters. The third-order valence-electron chi connectivity index (χ3n) is 2.80. The van der Waals surface area contributed by atoms with Crippen molar-refractivity contribution < 1.29 is 37.6 Å². The maximum Gasteiger partial charge on any atom is 0.472 e. The zero-order valence-corrected chi connectivity index (χ0v) is 15.2. The Labute approximate surface area is 142 Å². The lowest BCUT2D eigenvalue weighted by atomic mass is 10.2. The van der Waals surface area contributed by atoms with Crippen molar-refractivity contribution in [3.05, 3.63) is 0 Å². The molecule has 0 radical (unpaired) electrons. The molecular formula is C14H28NO8P. The van der Waals surface area contributed by atoms with Gasteiger partial charge in [0, 0.05) is 19.4 Å². The van der Waals surface area contributed by atoms with Crippen molar-refractivity contribution in [2.24, 2.45) is 5.73 Å². The van der Waals surface area contributed by atoms with Crippen LogP contribution in [0.1, 0.15) is 46.0 Å². The quantitative estimate of drug-likeness (QED) is 0.265. The van der Waals surface area contributed by atoms with Crippen LogP contribution in [0.25, 0.3) is 0 Å². The average molecular weight is 369 g/mol. The Morgan fingerprint density at radius 1 is 1.12 bits per heavy atom. The summed E-state index contributed by atoms with van der Waals surface area (Å²) in [6.45, 7) is 2.83. The first-order valence-electron chi connectivity index (χ1n) is 8.01. The minimum atomic E-state index is -4.30. The van der Waals surface area contributed by atoms with E-state index < -0.39 is 32.5 Å². The third kappa shape index (κ3) is 12.4. The van der Waals surface area contributed by atoms with Gasteiger partial charge in [-0.05, 0) is 6.42 Å². The second-order valence-corrected chi connectivity index (χ2v) is 6.45. The number of hydrogen-bond acceptors (Lipinski definition) is 8. The second-order valence-electron chi connectivity index (χ2n) is 4.99. The van der Waals surface area contributed by atoms with Gasteiger partial charge in [0.25, 0.3) is 0 Å². The number of unbranched alkanes of at least 4 members (excludes halogenated alkanes) is 2. The van der Waals surface area contributed by atoms with Crippen molar-refractivity contribution in [1.82, 2.24) is 0 Å². The van der Waals surface area contributed by atoms with Gasteiger partial charge in [0.2, 0.25) is 0 Å². The molecule has 0 aliphatic heterocycles. The molecule has 0 aliphatic carbocycles. The number of nitrogens with two attached hydrogens (primary N) is 1. The van der Waals surface area contributed by atoms with Gasteiger partial charge < -0.3 is 20.1 Å². The summed E-state index contributed by atoms with van der Waals surface area (Å²) in [7, 11) is -4.30. The SMILES string of the molecule is CCCCCC(=O)OC(COC(=O)CC)COP(=O)(O)OCCN. The molecule has 0 aliphatic rings. The molecule has 0 aromatic heterocycles. The normalized spacial score (nSPS) is 14.7. The molecule has 142 valence electrons. The Kier molecular flexibility index (Phi) is 12.8. The summed E-state index contributed by atoms with van der Waals surface area (Å²) in [6, 6.07) is 0. The van der Waals surface area contributed by atoms with Gasteiger partial charge in [-0.2, -0.15) is 0 Å². The van der Waals surface area contributed by atoms with Crippen LogP contribution in [0, 0.1) is 0 Å². The molecule has 9 nitrogen and oxygen atoms in total. The molecule has 0 spiro atoms. The highest BCUT2D eigenvalue weighted by Crippen LogP contribution is 2.43. The molecule has 0 rings (SSSR count). The first kappa shape index (κ1) is 23.0. The maximum atomic E-state index is 11.7. The number of ether oxygens (including phenoxy) is 2. The first-order chi connectivity index (χ1) is 11.3. The van der Waals surface area contributed by atoms with Crippen LogP contribution < -0.4 is 5.73 Å². The summed E-state index contributed by atoms with van der Waals surface area (Å²) in [5, 5.41) is 0. The Bertz CT molecular complexity index is 418. The zero-order valence-electron chi connectivity index (χ0n) is 14.3. The van der Waals surface area contributed by atoms with Crippen LogP contribution >= 0.6 is 7.82 Å². The van der Waals surface area contributed by atoms with Gasteiger partial charge in [0.1, 0.15) is 6.61 Å². The van der Waals surface area contributed by atoms with E-state index in [-0.39, 0.29) is 32.6 Å². The number of phosphoric ester groups is 1. The second kappa shape index (κ2) is 13.3. The van der Waals surface area contributed by atoms with Gasteiger partial charge in [-0.3, -0.25) is 18.6 Å². The molecule has 0 amide bonds. The lowest BCUT2D eigenvalue weighted by Gasteiger charge is -2.19. The van der Waals surface area contributed by atoms with Gasteiger partial charge in [-0.25, -0.2) is 4.57 Å². The summed E-state index contributed by atoms with van der Waals surface area (Å²) < 4.78 is 30.9. The highest BCUT2D eigenvalue weighted by atomic mass is 31.2. The van der Waals surface area contributed by atoms with Crippen LogP contribution in [-0.2, 0) is 32.7 Å². The number of rotatable bonds is 14. The van der Waals surface area contributed by atoms with E-state index in [0.29, 0.717) is 6.42 Å². The van der Waals surface area contributed by atoms with Crippen molar-refractivity contribution in [3.63, 3.8) is 0 Å². The fourth-order valence-electron chi connectivity index (χ4n) is 1.55. The van der Waals surface area contributed by atoms with Gasteiger partial charge in [0.15, 0.2) is 6.10 Å². The molecule has 0 heterocycles. The number of phosphoric acid groups is 1. The first-order valence-corrected chi connectivity index (χ1v) is 9.51.